The fourth-order valence-corrected chi connectivity index (χ4v) is 2.63. The predicted octanol–water partition coefficient (Wildman–Crippen LogP) is 3.69. The Bertz CT molecular complexity index is 388. The highest BCUT2D eigenvalue weighted by Crippen LogP contribution is 2.45. The van der Waals surface area contributed by atoms with Gasteiger partial charge in [-0.2, -0.15) is 0 Å². The van der Waals surface area contributed by atoms with Crippen LogP contribution in [0.3, 0.4) is 0 Å². The Morgan fingerprint density at radius 1 is 1.38 bits per heavy atom. The van der Waals surface area contributed by atoms with Crippen LogP contribution in [0, 0.1) is 12.3 Å². The molecule has 1 nitrogen and oxygen atoms in total. The summed E-state index contributed by atoms with van der Waals surface area (Å²) < 4.78 is 0. The van der Waals surface area contributed by atoms with Crippen LogP contribution in [0.4, 0.5) is 0 Å². The van der Waals surface area contributed by atoms with Crippen LogP contribution in [0.25, 0.3) is 0 Å². The van der Waals surface area contributed by atoms with Crippen LogP contribution in [-0.2, 0) is 11.2 Å². The maximum absolute atomic E-state index is 11.6. The van der Waals surface area contributed by atoms with E-state index in [1.165, 1.54) is 17.5 Å². The molecule has 0 spiro atoms. The molecule has 2 rings (SSSR count). The maximum Gasteiger partial charge on any atom is 0.135 e. The zero-order chi connectivity index (χ0) is 11.6. The normalized spacial score (nSPS) is 17.9. The lowest BCUT2D eigenvalue weighted by molar-refractivity contribution is -0.131. The van der Waals surface area contributed by atoms with Gasteiger partial charge in [0.05, 0.1) is 0 Å². The van der Waals surface area contributed by atoms with Crippen LogP contribution in [-0.4, -0.2) is 5.78 Å². The third-order valence-corrected chi connectivity index (χ3v) is 4.03. The smallest absolute Gasteiger partial charge is 0.135 e. The molecular weight excluding hydrogens is 196 g/mol. The summed E-state index contributed by atoms with van der Waals surface area (Å²) in [5, 5.41) is 0. The first-order valence-electron chi connectivity index (χ1n) is 6.19. The van der Waals surface area contributed by atoms with E-state index in [2.05, 4.69) is 31.2 Å². The van der Waals surface area contributed by atoms with Gasteiger partial charge < -0.3 is 0 Å². The van der Waals surface area contributed by atoms with Crippen molar-refractivity contribution >= 4 is 5.78 Å². The van der Waals surface area contributed by atoms with Crippen molar-refractivity contribution < 1.29 is 4.79 Å². The van der Waals surface area contributed by atoms with Crippen LogP contribution in [0.15, 0.2) is 24.3 Å². The average Bonchev–Trinajstić information content (AvgIpc) is 2.15. The van der Waals surface area contributed by atoms with Gasteiger partial charge >= 0.3 is 0 Å². The summed E-state index contributed by atoms with van der Waals surface area (Å²) in [5.41, 5.74) is 2.71. The Hall–Kier alpha value is -1.11. The van der Waals surface area contributed by atoms with Crippen LogP contribution in [0.2, 0.25) is 0 Å². The van der Waals surface area contributed by atoms with Crippen molar-refractivity contribution in [2.24, 2.45) is 5.41 Å². The number of carbonyl (C=O) groups excluding carboxylic acids is 1. The van der Waals surface area contributed by atoms with Crippen LogP contribution >= 0.6 is 0 Å². The van der Waals surface area contributed by atoms with Gasteiger partial charge in [-0.05, 0) is 45.1 Å². The van der Waals surface area contributed by atoms with Crippen molar-refractivity contribution in [3.05, 3.63) is 35.4 Å². The van der Waals surface area contributed by atoms with E-state index >= 15 is 0 Å². The highest BCUT2D eigenvalue weighted by atomic mass is 16.1. The summed E-state index contributed by atoms with van der Waals surface area (Å²) in [6.45, 7) is 3.88. The number of hydrogen-bond acceptors (Lipinski definition) is 1. The number of rotatable bonds is 4. The van der Waals surface area contributed by atoms with Crippen molar-refractivity contribution in [2.45, 2.75) is 46.0 Å². The van der Waals surface area contributed by atoms with Gasteiger partial charge in [-0.15, -0.1) is 0 Å². The van der Waals surface area contributed by atoms with E-state index in [9.17, 15) is 4.79 Å². The molecule has 0 atom stereocenters. The second kappa shape index (κ2) is 4.40. The molecule has 1 heteroatoms. The molecule has 0 saturated heterocycles. The summed E-state index contributed by atoms with van der Waals surface area (Å²) in [6, 6.07) is 8.62. The molecule has 0 radical (unpaired) electrons. The van der Waals surface area contributed by atoms with Gasteiger partial charge in [0.1, 0.15) is 5.78 Å². The Morgan fingerprint density at radius 2 is 2.12 bits per heavy atom. The first-order chi connectivity index (χ1) is 7.62. The zero-order valence-electron chi connectivity index (χ0n) is 10.3. The highest BCUT2D eigenvalue weighted by molar-refractivity contribution is 5.83. The van der Waals surface area contributed by atoms with Gasteiger partial charge in [0.25, 0.3) is 0 Å². The molecule has 16 heavy (non-hydrogen) atoms. The van der Waals surface area contributed by atoms with Gasteiger partial charge in [0.15, 0.2) is 0 Å². The highest BCUT2D eigenvalue weighted by Gasteiger charge is 2.40. The SMILES string of the molecule is CC(=O)C1(CCc2cccc(C)c2)CCC1. The lowest BCUT2D eigenvalue weighted by Crippen LogP contribution is -2.36. The van der Waals surface area contributed by atoms with E-state index in [-0.39, 0.29) is 5.41 Å². The van der Waals surface area contributed by atoms with Crippen LogP contribution < -0.4 is 0 Å². The molecule has 1 fully saturated rings. The van der Waals surface area contributed by atoms with Gasteiger partial charge in [0.2, 0.25) is 0 Å². The summed E-state index contributed by atoms with van der Waals surface area (Å²) in [5.74, 6) is 0.395. The van der Waals surface area contributed by atoms with Crippen molar-refractivity contribution in [2.75, 3.05) is 0 Å². The molecule has 0 aromatic heterocycles. The first-order valence-corrected chi connectivity index (χ1v) is 6.19. The minimum Gasteiger partial charge on any atom is -0.299 e. The summed E-state index contributed by atoms with van der Waals surface area (Å²) in [4.78, 5) is 11.6. The molecule has 86 valence electrons. The number of carbonyl (C=O) groups is 1. The molecule has 0 N–H and O–H groups in total. The molecule has 1 aromatic rings. The Morgan fingerprint density at radius 3 is 2.62 bits per heavy atom. The summed E-state index contributed by atoms with van der Waals surface area (Å²) >= 11 is 0. The van der Waals surface area contributed by atoms with Crippen LogP contribution in [0.1, 0.15) is 43.7 Å². The topological polar surface area (TPSA) is 17.1 Å². The Balaban J connectivity index is 1.99. The minimum atomic E-state index is 0.0315. The molecular formula is C15H20O. The van der Waals surface area contributed by atoms with E-state index in [0.29, 0.717) is 5.78 Å². The quantitative estimate of drug-likeness (QED) is 0.750. The van der Waals surface area contributed by atoms with Gasteiger partial charge in [-0.25, -0.2) is 0 Å². The van der Waals surface area contributed by atoms with Crippen molar-refractivity contribution in [1.82, 2.24) is 0 Å². The molecule has 0 aliphatic heterocycles. The van der Waals surface area contributed by atoms with E-state index in [1.807, 2.05) is 0 Å². The third kappa shape index (κ3) is 2.18. The summed E-state index contributed by atoms with van der Waals surface area (Å²) in [6.07, 6.45) is 5.52. The van der Waals surface area contributed by atoms with Gasteiger partial charge in [0, 0.05) is 5.41 Å². The molecule has 0 amide bonds. The van der Waals surface area contributed by atoms with E-state index in [4.69, 9.17) is 0 Å². The predicted molar refractivity (Wildman–Crippen MR) is 66.5 cm³/mol. The minimum absolute atomic E-state index is 0.0315. The van der Waals surface area contributed by atoms with E-state index in [0.717, 1.165) is 25.7 Å². The first kappa shape index (κ1) is 11.4. The van der Waals surface area contributed by atoms with Crippen molar-refractivity contribution in [1.29, 1.82) is 0 Å². The molecule has 1 saturated carbocycles. The number of ketones is 1. The molecule has 0 unspecified atom stereocenters. The average molecular weight is 216 g/mol. The maximum atomic E-state index is 11.6. The molecule has 1 aromatic carbocycles. The second-order valence-corrected chi connectivity index (χ2v) is 5.18. The number of Topliss-reactive ketones (excluding diaryl/α,β-unsaturated/α-hetero) is 1. The van der Waals surface area contributed by atoms with Crippen molar-refractivity contribution in [3.63, 3.8) is 0 Å². The largest absolute Gasteiger partial charge is 0.299 e. The molecule has 1 aliphatic carbocycles. The molecule has 0 bridgehead atoms. The van der Waals surface area contributed by atoms with Gasteiger partial charge in [-0.3, -0.25) is 4.79 Å². The Kier molecular flexibility index (Phi) is 3.13. The van der Waals surface area contributed by atoms with E-state index in [1.54, 1.807) is 6.92 Å². The van der Waals surface area contributed by atoms with Crippen molar-refractivity contribution in [3.8, 4) is 0 Å². The van der Waals surface area contributed by atoms with Gasteiger partial charge in [-0.1, -0.05) is 36.2 Å². The fourth-order valence-electron chi connectivity index (χ4n) is 2.63. The van der Waals surface area contributed by atoms with Crippen LogP contribution in [0.5, 0.6) is 0 Å². The number of hydrogen-bond donors (Lipinski definition) is 0. The molecule has 0 heterocycles. The monoisotopic (exact) mass is 216 g/mol. The van der Waals surface area contributed by atoms with E-state index < -0.39 is 0 Å². The fraction of sp³-hybridized carbons (Fsp3) is 0.533. The number of aryl methyl sites for hydroxylation is 2. The standard InChI is InChI=1S/C15H20O/c1-12-5-3-6-14(11-12)7-10-15(13(2)16)8-4-9-15/h3,5-6,11H,4,7-10H2,1-2H3. The molecule has 1 aliphatic rings. The lowest BCUT2D eigenvalue weighted by Gasteiger charge is -2.39. The third-order valence-electron chi connectivity index (χ3n) is 4.03. The summed E-state index contributed by atoms with van der Waals surface area (Å²) in [7, 11) is 0. The number of benzene rings is 1. The Labute approximate surface area is 97.9 Å². The zero-order valence-corrected chi connectivity index (χ0v) is 10.3. The lowest BCUT2D eigenvalue weighted by atomic mass is 9.63. The second-order valence-electron chi connectivity index (χ2n) is 5.18.